The Morgan fingerprint density at radius 3 is 3.12 bits per heavy atom. The first kappa shape index (κ1) is 12.9. The predicted octanol–water partition coefficient (Wildman–Crippen LogP) is 2.83. The topological polar surface area (TPSA) is 30.5 Å². The minimum Gasteiger partial charge on any atom is -0.496 e. The fourth-order valence-corrected chi connectivity index (χ4v) is 3.38. The van der Waals surface area contributed by atoms with E-state index in [0.717, 1.165) is 25.5 Å². The summed E-state index contributed by atoms with van der Waals surface area (Å²) in [5, 5.41) is 5.65. The van der Waals surface area contributed by atoms with Crippen LogP contribution < -0.4 is 10.1 Å². The highest BCUT2D eigenvalue weighted by Crippen LogP contribution is 2.34. The van der Waals surface area contributed by atoms with E-state index in [1.165, 1.54) is 17.7 Å². The van der Waals surface area contributed by atoms with Crippen molar-refractivity contribution in [2.45, 2.75) is 25.8 Å². The third-order valence-electron chi connectivity index (χ3n) is 3.23. The molecule has 0 aromatic carbocycles. The van der Waals surface area contributed by atoms with E-state index in [2.05, 4.69) is 23.7 Å². The average Bonchev–Trinajstić information content (AvgIpc) is 2.85. The first-order valence-corrected chi connectivity index (χ1v) is 7.16. The van der Waals surface area contributed by atoms with E-state index >= 15 is 0 Å². The van der Waals surface area contributed by atoms with E-state index in [4.69, 9.17) is 9.47 Å². The molecule has 1 aliphatic heterocycles. The molecule has 2 atom stereocenters. The summed E-state index contributed by atoms with van der Waals surface area (Å²) < 4.78 is 10.9. The van der Waals surface area contributed by atoms with Gasteiger partial charge in [0, 0.05) is 28.8 Å². The Morgan fingerprint density at radius 1 is 1.65 bits per heavy atom. The minimum absolute atomic E-state index is 0.411. The highest BCUT2D eigenvalue weighted by molar-refractivity contribution is 7.10. The summed E-state index contributed by atoms with van der Waals surface area (Å²) in [4.78, 5) is 1.36. The second-order valence-corrected chi connectivity index (χ2v) is 5.34. The van der Waals surface area contributed by atoms with Crippen molar-refractivity contribution in [3.63, 3.8) is 0 Å². The molecule has 1 fully saturated rings. The molecule has 17 heavy (non-hydrogen) atoms. The first-order valence-electron chi connectivity index (χ1n) is 6.28. The van der Waals surface area contributed by atoms with Crippen LogP contribution in [0.1, 0.15) is 30.7 Å². The van der Waals surface area contributed by atoms with Crippen molar-refractivity contribution < 1.29 is 9.47 Å². The van der Waals surface area contributed by atoms with Crippen LogP contribution in [0.25, 0.3) is 0 Å². The van der Waals surface area contributed by atoms with Gasteiger partial charge in [-0.05, 0) is 25.5 Å². The van der Waals surface area contributed by atoms with Crippen LogP contribution in [0.3, 0.4) is 0 Å². The molecule has 2 rings (SSSR count). The van der Waals surface area contributed by atoms with Gasteiger partial charge in [0.05, 0.1) is 13.7 Å². The zero-order valence-electron chi connectivity index (χ0n) is 10.6. The lowest BCUT2D eigenvalue weighted by Crippen LogP contribution is -2.32. The molecule has 1 aliphatic rings. The largest absolute Gasteiger partial charge is 0.496 e. The van der Waals surface area contributed by atoms with Crippen LogP contribution in [0.4, 0.5) is 0 Å². The minimum atomic E-state index is 0.411. The standard InChI is InChI=1S/C13H21NO2S/c1-3-14-13(10-5-4-6-16-8-10)12-7-11(15-2)9-17-12/h7,9-10,13-14H,3-6,8H2,1-2H3. The number of thiophene rings is 1. The monoisotopic (exact) mass is 255 g/mol. The maximum absolute atomic E-state index is 5.60. The van der Waals surface area contributed by atoms with Crippen molar-refractivity contribution in [3.05, 3.63) is 16.3 Å². The van der Waals surface area contributed by atoms with Gasteiger partial charge < -0.3 is 14.8 Å². The maximum Gasteiger partial charge on any atom is 0.129 e. The molecule has 3 nitrogen and oxygen atoms in total. The molecule has 0 radical (unpaired) electrons. The summed E-state index contributed by atoms with van der Waals surface area (Å²) in [6, 6.07) is 2.56. The molecule has 96 valence electrons. The SMILES string of the molecule is CCNC(c1cc(OC)cs1)C1CCCOC1. The maximum atomic E-state index is 5.60. The van der Waals surface area contributed by atoms with E-state index < -0.39 is 0 Å². The van der Waals surface area contributed by atoms with E-state index in [-0.39, 0.29) is 0 Å². The summed E-state index contributed by atoms with van der Waals surface area (Å²) in [5.41, 5.74) is 0. The smallest absolute Gasteiger partial charge is 0.129 e. The fourth-order valence-electron chi connectivity index (χ4n) is 2.35. The van der Waals surface area contributed by atoms with E-state index in [1.54, 1.807) is 18.4 Å². The number of hydrogen-bond acceptors (Lipinski definition) is 4. The number of hydrogen-bond donors (Lipinski definition) is 1. The van der Waals surface area contributed by atoms with Crippen molar-refractivity contribution in [2.75, 3.05) is 26.9 Å². The summed E-state index contributed by atoms with van der Waals surface area (Å²) in [6.07, 6.45) is 2.42. The van der Waals surface area contributed by atoms with Crippen LogP contribution in [0.2, 0.25) is 0 Å². The lowest BCUT2D eigenvalue weighted by molar-refractivity contribution is 0.0398. The lowest BCUT2D eigenvalue weighted by Gasteiger charge is -2.30. The molecule has 0 bridgehead atoms. The van der Waals surface area contributed by atoms with Gasteiger partial charge in [-0.2, -0.15) is 0 Å². The number of nitrogens with one attached hydrogen (secondary N) is 1. The van der Waals surface area contributed by atoms with Gasteiger partial charge in [0.25, 0.3) is 0 Å². The normalized spacial score (nSPS) is 22.4. The summed E-state index contributed by atoms with van der Waals surface area (Å²) >= 11 is 1.77. The van der Waals surface area contributed by atoms with Crippen LogP contribution in [-0.2, 0) is 4.74 Å². The zero-order chi connectivity index (χ0) is 12.1. The Hall–Kier alpha value is -0.580. The number of ether oxygens (including phenoxy) is 2. The molecule has 1 N–H and O–H groups in total. The Labute approximate surface area is 107 Å². The summed E-state index contributed by atoms with van der Waals surface area (Å²) in [6.45, 7) is 4.93. The number of methoxy groups -OCH3 is 1. The zero-order valence-corrected chi connectivity index (χ0v) is 11.4. The van der Waals surface area contributed by atoms with Gasteiger partial charge in [-0.1, -0.05) is 6.92 Å². The van der Waals surface area contributed by atoms with E-state index in [0.29, 0.717) is 12.0 Å². The van der Waals surface area contributed by atoms with Crippen LogP contribution in [0.15, 0.2) is 11.4 Å². The van der Waals surface area contributed by atoms with Crippen molar-refractivity contribution in [2.24, 2.45) is 5.92 Å². The van der Waals surface area contributed by atoms with Crippen LogP contribution in [0.5, 0.6) is 5.75 Å². The lowest BCUT2D eigenvalue weighted by atomic mass is 9.92. The molecule has 1 aromatic heterocycles. The molecular formula is C13H21NO2S. The molecule has 0 spiro atoms. The molecule has 0 saturated carbocycles. The second kappa shape index (κ2) is 6.38. The molecule has 2 heterocycles. The van der Waals surface area contributed by atoms with Crippen molar-refractivity contribution >= 4 is 11.3 Å². The first-order chi connectivity index (χ1) is 8.35. The Balaban J connectivity index is 2.09. The Morgan fingerprint density at radius 2 is 2.53 bits per heavy atom. The highest BCUT2D eigenvalue weighted by Gasteiger charge is 2.26. The molecule has 4 heteroatoms. The van der Waals surface area contributed by atoms with Crippen molar-refractivity contribution in [3.8, 4) is 5.75 Å². The third-order valence-corrected chi connectivity index (χ3v) is 4.22. The van der Waals surface area contributed by atoms with Crippen LogP contribution in [0, 0.1) is 5.92 Å². The summed E-state index contributed by atoms with van der Waals surface area (Å²) in [7, 11) is 1.72. The van der Waals surface area contributed by atoms with Gasteiger partial charge in [-0.3, -0.25) is 0 Å². The average molecular weight is 255 g/mol. The van der Waals surface area contributed by atoms with Crippen LogP contribution >= 0.6 is 11.3 Å². The molecule has 1 saturated heterocycles. The van der Waals surface area contributed by atoms with Gasteiger partial charge in [-0.25, -0.2) is 0 Å². The Kier molecular flexibility index (Phi) is 4.83. The predicted molar refractivity (Wildman–Crippen MR) is 70.8 cm³/mol. The van der Waals surface area contributed by atoms with E-state index in [1.807, 2.05) is 0 Å². The highest BCUT2D eigenvalue weighted by atomic mass is 32.1. The fraction of sp³-hybridized carbons (Fsp3) is 0.692. The molecular weight excluding hydrogens is 234 g/mol. The number of rotatable bonds is 5. The van der Waals surface area contributed by atoms with Crippen molar-refractivity contribution in [1.29, 1.82) is 0 Å². The van der Waals surface area contributed by atoms with Gasteiger partial charge in [0.15, 0.2) is 0 Å². The van der Waals surface area contributed by atoms with Gasteiger partial charge >= 0.3 is 0 Å². The molecule has 2 unspecified atom stereocenters. The molecule has 0 amide bonds. The van der Waals surface area contributed by atoms with Gasteiger partial charge in [-0.15, -0.1) is 11.3 Å². The van der Waals surface area contributed by atoms with Gasteiger partial charge in [0.1, 0.15) is 5.75 Å². The molecule has 0 aliphatic carbocycles. The quantitative estimate of drug-likeness (QED) is 0.877. The van der Waals surface area contributed by atoms with Gasteiger partial charge in [0.2, 0.25) is 0 Å². The van der Waals surface area contributed by atoms with E-state index in [9.17, 15) is 0 Å². The third kappa shape index (κ3) is 3.21. The second-order valence-electron chi connectivity index (χ2n) is 4.40. The van der Waals surface area contributed by atoms with Crippen molar-refractivity contribution in [1.82, 2.24) is 5.32 Å². The van der Waals surface area contributed by atoms with Crippen LogP contribution in [-0.4, -0.2) is 26.9 Å². The summed E-state index contributed by atoms with van der Waals surface area (Å²) in [5.74, 6) is 1.55. The molecule has 1 aromatic rings. The Bertz CT molecular complexity index is 334.